The maximum Gasteiger partial charge on any atom is 0.223 e. The first kappa shape index (κ1) is 12.1. The summed E-state index contributed by atoms with van der Waals surface area (Å²) < 4.78 is 11.2. The predicted octanol–water partition coefficient (Wildman–Crippen LogP) is 2.21. The summed E-state index contributed by atoms with van der Waals surface area (Å²) >= 11 is 3.37. The van der Waals surface area contributed by atoms with E-state index < -0.39 is 0 Å². The molecule has 0 bridgehead atoms. The van der Waals surface area contributed by atoms with Crippen LogP contribution in [0.3, 0.4) is 0 Å². The first-order valence-electron chi connectivity index (χ1n) is 5.01. The monoisotopic (exact) mass is 298 g/mol. The first-order valence-corrected chi connectivity index (χ1v) is 5.80. The average molecular weight is 299 g/mol. The molecule has 90 valence electrons. The van der Waals surface area contributed by atoms with Crippen molar-refractivity contribution in [3.8, 4) is 5.75 Å². The van der Waals surface area contributed by atoms with Crippen LogP contribution in [0.1, 0.15) is 17.3 Å². The molecule has 0 saturated heterocycles. The van der Waals surface area contributed by atoms with E-state index in [0.29, 0.717) is 23.0 Å². The minimum atomic E-state index is -0.0833. The number of ether oxygens (including phenoxy) is 1. The zero-order valence-electron chi connectivity index (χ0n) is 9.18. The number of aryl methyl sites for hydroxylation is 1. The van der Waals surface area contributed by atoms with E-state index in [9.17, 15) is 5.11 Å². The molecule has 0 spiro atoms. The summed E-state index contributed by atoms with van der Waals surface area (Å²) in [6.07, 6.45) is 0. The molecular weight excluding hydrogens is 288 g/mol. The zero-order chi connectivity index (χ0) is 12.3. The quantitative estimate of drug-likeness (QED) is 0.937. The van der Waals surface area contributed by atoms with Gasteiger partial charge in [0.15, 0.2) is 6.61 Å². The molecule has 17 heavy (non-hydrogen) atoms. The van der Waals surface area contributed by atoms with Crippen molar-refractivity contribution in [1.82, 2.24) is 10.1 Å². The van der Waals surface area contributed by atoms with Gasteiger partial charge in [-0.2, -0.15) is 4.98 Å². The van der Waals surface area contributed by atoms with Gasteiger partial charge in [0.1, 0.15) is 5.75 Å². The SMILES string of the molecule is Cc1nc(COc2c(Br)cccc2CO)no1. The molecule has 0 saturated carbocycles. The minimum absolute atomic E-state index is 0.0833. The van der Waals surface area contributed by atoms with Crippen molar-refractivity contribution in [3.63, 3.8) is 0 Å². The maximum atomic E-state index is 9.19. The number of hydrogen-bond acceptors (Lipinski definition) is 5. The van der Waals surface area contributed by atoms with Gasteiger partial charge in [0, 0.05) is 12.5 Å². The molecule has 1 N–H and O–H groups in total. The Kier molecular flexibility index (Phi) is 3.75. The number of benzene rings is 1. The zero-order valence-corrected chi connectivity index (χ0v) is 10.8. The molecule has 0 radical (unpaired) electrons. The summed E-state index contributed by atoms with van der Waals surface area (Å²) in [7, 11) is 0. The highest BCUT2D eigenvalue weighted by Gasteiger charge is 2.09. The van der Waals surface area contributed by atoms with E-state index in [4.69, 9.17) is 9.26 Å². The lowest BCUT2D eigenvalue weighted by atomic mass is 10.2. The van der Waals surface area contributed by atoms with Crippen LogP contribution in [0.2, 0.25) is 0 Å². The predicted molar refractivity (Wildman–Crippen MR) is 63.4 cm³/mol. The van der Waals surface area contributed by atoms with Gasteiger partial charge in [0.2, 0.25) is 11.7 Å². The van der Waals surface area contributed by atoms with Crippen molar-refractivity contribution in [2.24, 2.45) is 0 Å². The third-order valence-corrected chi connectivity index (χ3v) is 2.76. The van der Waals surface area contributed by atoms with E-state index in [-0.39, 0.29) is 13.2 Å². The summed E-state index contributed by atoms with van der Waals surface area (Å²) in [5.74, 6) is 1.57. The molecule has 0 fully saturated rings. The topological polar surface area (TPSA) is 68.4 Å². The smallest absolute Gasteiger partial charge is 0.223 e. The van der Waals surface area contributed by atoms with Gasteiger partial charge in [-0.3, -0.25) is 0 Å². The Balaban J connectivity index is 2.13. The van der Waals surface area contributed by atoms with Crippen LogP contribution < -0.4 is 4.74 Å². The molecule has 0 aliphatic carbocycles. The van der Waals surface area contributed by atoms with Gasteiger partial charge in [0.05, 0.1) is 11.1 Å². The van der Waals surface area contributed by atoms with Crippen LogP contribution in [-0.2, 0) is 13.2 Å². The lowest BCUT2D eigenvalue weighted by molar-refractivity contribution is 0.252. The highest BCUT2D eigenvalue weighted by Crippen LogP contribution is 2.29. The number of para-hydroxylation sites is 1. The molecule has 2 rings (SSSR count). The third kappa shape index (κ3) is 2.83. The lowest BCUT2D eigenvalue weighted by Crippen LogP contribution is -2.01. The standard InChI is InChI=1S/C11H11BrN2O3/c1-7-13-10(14-17-7)6-16-11-8(5-15)3-2-4-9(11)12/h2-4,15H,5-6H2,1H3. The molecule has 1 heterocycles. The molecule has 6 heteroatoms. The molecule has 1 aromatic heterocycles. The van der Waals surface area contributed by atoms with Crippen molar-refractivity contribution in [1.29, 1.82) is 0 Å². The van der Waals surface area contributed by atoms with Gasteiger partial charge in [-0.25, -0.2) is 0 Å². The number of aliphatic hydroxyl groups is 1. The number of nitrogens with zero attached hydrogens (tertiary/aromatic N) is 2. The van der Waals surface area contributed by atoms with E-state index in [1.165, 1.54) is 0 Å². The number of rotatable bonds is 4. The summed E-state index contributed by atoms with van der Waals surface area (Å²) in [5, 5.41) is 12.9. The van der Waals surface area contributed by atoms with Crippen molar-refractivity contribution >= 4 is 15.9 Å². The normalized spacial score (nSPS) is 10.5. The van der Waals surface area contributed by atoms with Crippen LogP contribution in [-0.4, -0.2) is 15.2 Å². The number of hydrogen-bond donors (Lipinski definition) is 1. The molecule has 0 atom stereocenters. The summed E-state index contributed by atoms with van der Waals surface area (Å²) in [5.41, 5.74) is 0.708. The van der Waals surface area contributed by atoms with E-state index in [0.717, 1.165) is 4.47 Å². The van der Waals surface area contributed by atoms with Gasteiger partial charge in [-0.1, -0.05) is 17.3 Å². The van der Waals surface area contributed by atoms with Crippen LogP contribution in [0.25, 0.3) is 0 Å². The maximum absolute atomic E-state index is 9.19. The fraction of sp³-hybridized carbons (Fsp3) is 0.273. The van der Waals surface area contributed by atoms with Gasteiger partial charge in [-0.15, -0.1) is 0 Å². The Labute approximate surface area is 107 Å². The Morgan fingerprint density at radius 3 is 2.94 bits per heavy atom. The van der Waals surface area contributed by atoms with Crippen molar-refractivity contribution in [3.05, 3.63) is 40.0 Å². The highest BCUT2D eigenvalue weighted by atomic mass is 79.9. The molecule has 1 aromatic carbocycles. The van der Waals surface area contributed by atoms with E-state index in [1.807, 2.05) is 12.1 Å². The van der Waals surface area contributed by atoms with Crippen molar-refractivity contribution < 1.29 is 14.4 Å². The lowest BCUT2D eigenvalue weighted by Gasteiger charge is -2.10. The second-order valence-corrected chi connectivity index (χ2v) is 4.26. The van der Waals surface area contributed by atoms with Gasteiger partial charge in [-0.05, 0) is 22.0 Å². The molecule has 0 unspecified atom stereocenters. The third-order valence-electron chi connectivity index (χ3n) is 2.13. The van der Waals surface area contributed by atoms with E-state index >= 15 is 0 Å². The molecule has 2 aromatic rings. The fourth-order valence-corrected chi connectivity index (χ4v) is 1.90. The van der Waals surface area contributed by atoms with Gasteiger partial charge < -0.3 is 14.4 Å². The Morgan fingerprint density at radius 1 is 1.47 bits per heavy atom. The van der Waals surface area contributed by atoms with Gasteiger partial charge >= 0.3 is 0 Å². The second kappa shape index (κ2) is 5.29. The Morgan fingerprint density at radius 2 is 2.29 bits per heavy atom. The van der Waals surface area contributed by atoms with E-state index in [2.05, 4.69) is 26.1 Å². The number of halogens is 1. The summed E-state index contributed by atoms with van der Waals surface area (Å²) in [6.45, 7) is 1.83. The summed E-state index contributed by atoms with van der Waals surface area (Å²) in [6, 6.07) is 5.47. The largest absolute Gasteiger partial charge is 0.484 e. The highest BCUT2D eigenvalue weighted by molar-refractivity contribution is 9.10. The molecule has 0 aliphatic heterocycles. The van der Waals surface area contributed by atoms with Crippen LogP contribution >= 0.6 is 15.9 Å². The minimum Gasteiger partial charge on any atom is -0.484 e. The van der Waals surface area contributed by atoms with Gasteiger partial charge in [0.25, 0.3) is 0 Å². The number of aliphatic hydroxyl groups excluding tert-OH is 1. The first-order chi connectivity index (χ1) is 8.20. The molecule has 5 nitrogen and oxygen atoms in total. The van der Waals surface area contributed by atoms with Crippen LogP contribution in [0.15, 0.2) is 27.2 Å². The second-order valence-electron chi connectivity index (χ2n) is 3.40. The van der Waals surface area contributed by atoms with Crippen LogP contribution in [0.5, 0.6) is 5.75 Å². The Hall–Kier alpha value is -1.40. The molecule has 0 aliphatic rings. The van der Waals surface area contributed by atoms with Crippen LogP contribution in [0, 0.1) is 6.92 Å². The van der Waals surface area contributed by atoms with Crippen molar-refractivity contribution in [2.45, 2.75) is 20.1 Å². The Bertz CT molecular complexity index is 513. The van der Waals surface area contributed by atoms with Crippen molar-refractivity contribution in [2.75, 3.05) is 0 Å². The fourth-order valence-electron chi connectivity index (χ4n) is 1.38. The number of aromatic nitrogens is 2. The average Bonchev–Trinajstić information content (AvgIpc) is 2.73. The molecule has 0 amide bonds. The summed E-state index contributed by atoms with van der Waals surface area (Å²) in [4.78, 5) is 4.03. The van der Waals surface area contributed by atoms with Crippen LogP contribution in [0.4, 0.5) is 0 Å². The van der Waals surface area contributed by atoms with E-state index in [1.54, 1.807) is 13.0 Å². The molecular formula is C11H11BrN2O3.